The molecule has 1 saturated heterocycles. The van der Waals surface area contributed by atoms with Gasteiger partial charge in [-0.25, -0.2) is 13.2 Å². The second-order valence-electron chi connectivity index (χ2n) is 5.94. The van der Waals surface area contributed by atoms with Gasteiger partial charge in [0.15, 0.2) is 0 Å². The quantitative estimate of drug-likeness (QED) is 0.541. The fourth-order valence-electron chi connectivity index (χ4n) is 2.76. The Labute approximate surface area is 167 Å². The maximum Gasteiger partial charge on any atom is 0.513 e. The van der Waals surface area contributed by atoms with Crippen LogP contribution in [0.3, 0.4) is 0 Å². The van der Waals surface area contributed by atoms with E-state index in [1.807, 2.05) is 0 Å². The summed E-state index contributed by atoms with van der Waals surface area (Å²) >= 11 is 1.18. The first-order valence-electron chi connectivity index (χ1n) is 8.69. The van der Waals surface area contributed by atoms with Crippen LogP contribution in [-0.4, -0.2) is 62.5 Å². The molecule has 0 atom stereocenters. The van der Waals surface area contributed by atoms with Gasteiger partial charge in [-0.05, 0) is 42.6 Å². The first-order chi connectivity index (χ1) is 13.4. The molecule has 1 fully saturated rings. The Morgan fingerprint density at radius 3 is 2.32 bits per heavy atom. The summed E-state index contributed by atoms with van der Waals surface area (Å²) in [6, 6.07) is 9.44. The molecule has 8 nitrogen and oxygen atoms in total. The highest BCUT2D eigenvalue weighted by Crippen LogP contribution is 2.22. The standard InChI is InChI=1S/C18H20N2O6S2/c1-2-25-18(22)26-15-7-5-14(6-8-15)17(21)19-9-11-20(12-10-19)28(23,24)16-4-3-13-27-16/h3-8,13H,2,9-12H2,1H3. The van der Waals surface area contributed by atoms with E-state index in [0.717, 1.165) is 0 Å². The molecule has 2 aromatic rings. The molecule has 0 radical (unpaired) electrons. The molecular formula is C18H20N2O6S2. The number of ether oxygens (including phenoxy) is 2. The molecule has 1 aliphatic rings. The Hall–Kier alpha value is -2.43. The molecule has 1 amide bonds. The van der Waals surface area contributed by atoms with E-state index in [9.17, 15) is 18.0 Å². The Balaban J connectivity index is 1.58. The Kier molecular flexibility index (Phi) is 6.32. The second-order valence-corrected chi connectivity index (χ2v) is 9.05. The van der Waals surface area contributed by atoms with Crippen LogP contribution in [0.2, 0.25) is 0 Å². The predicted octanol–water partition coefficient (Wildman–Crippen LogP) is 2.43. The van der Waals surface area contributed by atoms with Crippen molar-refractivity contribution in [2.24, 2.45) is 0 Å². The van der Waals surface area contributed by atoms with Gasteiger partial charge < -0.3 is 14.4 Å². The first kappa shape index (κ1) is 20.3. The highest BCUT2D eigenvalue weighted by Gasteiger charge is 2.31. The van der Waals surface area contributed by atoms with Crippen LogP contribution in [-0.2, 0) is 14.8 Å². The fourth-order valence-corrected chi connectivity index (χ4v) is 5.33. The number of thiophene rings is 1. The molecule has 1 aliphatic heterocycles. The molecule has 1 aromatic carbocycles. The van der Waals surface area contributed by atoms with E-state index < -0.39 is 16.2 Å². The molecule has 28 heavy (non-hydrogen) atoms. The lowest BCUT2D eigenvalue weighted by atomic mass is 10.2. The van der Waals surface area contributed by atoms with Gasteiger partial charge in [0.05, 0.1) is 6.61 Å². The summed E-state index contributed by atoms with van der Waals surface area (Å²) in [5.74, 6) is 0.0812. The zero-order valence-corrected chi connectivity index (χ0v) is 16.9. The maximum absolute atomic E-state index is 12.6. The van der Waals surface area contributed by atoms with Gasteiger partial charge in [0.2, 0.25) is 0 Å². The second kappa shape index (κ2) is 8.72. The Bertz CT molecular complexity index is 917. The van der Waals surface area contributed by atoms with Crippen molar-refractivity contribution in [1.82, 2.24) is 9.21 Å². The van der Waals surface area contributed by atoms with Crippen molar-refractivity contribution in [3.8, 4) is 5.75 Å². The van der Waals surface area contributed by atoms with Gasteiger partial charge in [0, 0.05) is 31.7 Å². The average Bonchev–Trinajstić information content (AvgIpc) is 3.24. The highest BCUT2D eigenvalue weighted by atomic mass is 32.2. The molecule has 150 valence electrons. The lowest BCUT2D eigenvalue weighted by Gasteiger charge is -2.33. The SMILES string of the molecule is CCOC(=O)Oc1ccc(C(=O)N2CCN(S(=O)(=O)c3cccs3)CC2)cc1. The van der Waals surface area contributed by atoms with Crippen molar-refractivity contribution in [2.45, 2.75) is 11.1 Å². The van der Waals surface area contributed by atoms with Gasteiger partial charge >= 0.3 is 6.16 Å². The van der Waals surface area contributed by atoms with E-state index in [1.54, 1.807) is 41.5 Å². The number of carbonyl (C=O) groups excluding carboxylic acids is 2. The number of benzene rings is 1. The molecule has 0 aliphatic carbocycles. The molecule has 0 N–H and O–H groups in total. The molecule has 3 rings (SSSR count). The van der Waals surface area contributed by atoms with Gasteiger partial charge in [-0.15, -0.1) is 11.3 Å². The van der Waals surface area contributed by atoms with E-state index >= 15 is 0 Å². The summed E-state index contributed by atoms with van der Waals surface area (Å²) in [6.07, 6.45) is -0.801. The molecule has 0 spiro atoms. The average molecular weight is 425 g/mol. The lowest BCUT2D eigenvalue weighted by molar-refractivity contribution is 0.0698. The number of rotatable bonds is 5. The first-order valence-corrected chi connectivity index (χ1v) is 11.0. The number of amides is 1. The number of carbonyl (C=O) groups is 2. The van der Waals surface area contributed by atoms with Crippen LogP contribution in [0.5, 0.6) is 5.75 Å². The van der Waals surface area contributed by atoms with Crippen LogP contribution in [0.4, 0.5) is 4.79 Å². The van der Waals surface area contributed by atoms with Crippen molar-refractivity contribution in [2.75, 3.05) is 32.8 Å². The largest absolute Gasteiger partial charge is 0.513 e. The van der Waals surface area contributed by atoms with Crippen LogP contribution in [0.25, 0.3) is 0 Å². The summed E-state index contributed by atoms with van der Waals surface area (Å²) < 4.78 is 36.5. The van der Waals surface area contributed by atoms with Gasteiger partial charge in [-0.2, -0.15) is 4.31 Å². The molecule has 0 unspecified atom stereocenters. The van der Waals surface area contributed by atoms with Crippen molar-refractivity contribution >= 4 is 33.4 Å². The maximum atomic E-state index is 12.6. The summed E-state index contributed by atoms with van der Waals surface area (Å²) in [5.41, 5.74) is 0.436. The minimum atomic E-state index is -3.50. The highest BCUT2D eigenvalue weighted by molar-refractivity contribution is 7.91. The summed E-state index contributed by atoms with van der Waals surface area (Å²) in [5, 5.41) is 1.72. The van der Waals surface area contributed by atoms with Gasteiger partial charge in [-0.3, -0.25) is 4.79 Å². The number of hydrogen-bond donors (Lipinski definition) is 0. The van der Waals surface area contributed by atoms with Gasteiger partial charge in [-0.1, -0.05) is 6.07 Å². The zero-order chi connectivity index (χ0) is 20.1. The number of hydrogen-bond acceptors (Lipinski definition) is 7. The lowest BCUT2D eigenvalue weighted by Crippen LogP contribution is -2.50. The molecule has 0 saturated carbocycles. The molecule has 2 heterocycles. The van der Waals surface area contributed by atoms with Crippen LogP contribution >= 0.6 is 11.3 Å². The van der Waals surface area contributed by atoms with E-state index in [1.165, 1.54) is 27.8 Å². The molecule has 0 bridgehead atoms. The minimum Gasteiger partial charge on any atom is -0.434 e. The van der Waals surface area contributed by atoms with Crippen molar-refractivity contribution in [3.63, 3.8) is 0 Å². The van der Waals surface area contributed by atoms with Crippen molar-refractivity contribution in [1.29, 1.82) is 0 Å². The minimum absolute atomic E-state index is 0.198. The van der Waals surface area contributed by atoms with E-state index in [2.05, 4.69) is 0 Å². The predicted molar refractivity (Wildman–Crippen MR) is 103 cm³/mol. The molecular weight excluding hydrogens is 404 g/mol. The smallest absolute Gasteiger partial charge is 0.434 e. The number of nitrogens with zero attached hydrogens (tertiary/aromatic N) is 2. The fraction of sp³-hybridized carbons (Fsp3) is 0.333. The monoisotopic (exact) mass is 424 g/mol. The van der Waals surface area contributed by atoms with E-state index in [-0.39, 0.29) is 31.4 Å². The van der Waals surface area contributed by atoms with Gasteiger partial charge in [0.1, 0.15) is 9.96 Å². The van der Waals surface area contributed by atoms with Crippen LogP contribution in [0.15, 0.2) is 46.0 Å². The third-order valence-electron chi connectivity index (χ3n) is 4.18. The third-order valence-corrected chi connectivity index (χ3v) is 7.45. The van der Waals surface area contributed by atoms with Crippen LogP contribution < -0.4 is 4.74 Å². The van der Waals surface area contributed by atoms with Gasteiger partial charge in [0.25, 0.3) is 15.9 Å². The van der Waals surface area contributed by atoms with E-state index in [4.69, 9.17) is 9.47 Å². The number of sulfonamides is 1. The Morgan fingerprint density at radius 1 is 1.07 bits per heavy atom. The summed E-state index contributed by atoms with van der Waals surface area (Å²) in [7, 11) is -3.50. The normalized spacial score (nSPS) is 15.2. The van der Waals surface area contributed by atoms with Crippen LogP contribution in [0.1, 0.15) is 17.3 Å². The van der Waals surface area contributed by atoms with Crippen molar-refractivity contribution in [3.05, 3.63) is 47.3 Å². The summed E-state index contributed by atoms with van der Waals surface area (Å²) in [4.78, 5) is 25.6. The van der Waals surface area contributed by atoms with Crippen molar-refractivity contribution < 1.29 is 27.5 Å². The third kappa shape index (κ3) is 4.51. The molecule has 10 heteroatoms. The summed E-state index contributed by atoms with van der Waals surface area (Å²) in [6.45, 7) is 3.00. The van der Waals surface area contributed by atoms with Crippen LogP contribution in [0, 0.1) is 0 Å². The Morgan fingerprint density at radius 2 is 1.75 bits per heavy atom. The number of piperazine rings is 1. The topological polar surface area (TPSA) is 93.2 Å². The van der Waals surface area contributed by atoms with E-state index in [0.29, 0.717) is 22.9 Å². The zero-order valence-electron chi connectivity index (χ0n) is 15.2. The molecule has 1 aromatic heterocycles.